The number of aliphatic carboxylic acids is 1. The lowest BCUT2D eigenvalue weighted by Gasteiger charge is -2.29. The number of rotatable bonds is 11. The molecule has 1 aromatic rings. The average molecular weight is 583 g/mol. The maximum Gasteiger partial charge on any atom is 0.490 e. The van der Waals surface area contributed by atoms with E-state index in [0.717, 1.165) is 32.7 Å². The predicted octanol–water partition coefficient (Wildman–Crippen LogP) is 1.64. The van der Waals surface area contributed by atoms with Crippen molar-refractivity contribution in [2.24, 2.45) is 0 Å². The number of nitrogens with zero attached hydrogens (tertiary/aromatic N) is 3. The second-order valence-corrected chi connectivity index (χ2v) is 10.9. The summed E-state index contributed by atoms with van der Waals surface area (Å²) in [5.74, 6) is -2.06. The van der Waals surface area contributed by atoms with Crippen molar-refractivity contribution in [2.75, 3.05) is 73.1 Å². The Morgan fingerprint density at radius 2 is 1.67 bits per heavy atom. The number of benzene rings is 1. The largest absolute Gasteiger partial charge is 0.497 e. The lowest BCUT2D eigenvalue weighted by molar-refractivity contribution is -0.192. The number of amides is 1. The van der Waals surface area contributed by atoms with Gasteiger partial charge in [-0.1, -0.05) is 0 Å². The van der Waals surface area contributed by atoms with Crippen molar-refractivity contribution in [3.8, 4) is 11.5 Å². The van der Waals surface area contributed by atoms with E-state index in [-0.39, 0.29) is 29.5 Å². The smallest absolute Gasteiger partial charge is 0.490 e. The monoisotopic (exact) mass is 582 g/mol. The summed E-state index contributed by atoms with van der Waals surface area (Å²) in [6.45, 7) is 6.34. The molecule has 2 aliphatic rings. The molecule has 2 N–H and O–H groups in total. The van der Waals surface area contributed by atoms with Gasteiger partial charge in [-0.3, -0.25) is 4.79 Å². The number of carboxylic acids is 1. The molecule has 15 heteroatoms. The quantitative estimate of drug-likeness (QED) is 0.400. The molecule has 2 fully saturated rings. The Bertz CT molecular complexity index is 1040. The SMILES string of the molecule is COc1ccc(OC)c(S(=O)(=O)N(CCCN2CCCC2)CCC(=O)N2CCNCC2)c1.O=C(O)C(F)(F)F. The molecule has 222 valence electrons. The predicted molar refractivity (Wildman–Crippen MR) is 136 cm³/mol. The Hall–Kier alpha value is -2.62. The van der Waals surface area contributed by atoms with Gasteiger partial charge in [0.25, 0.3) is 0 Å². The number of nitrogens with one attached hydrogen (secondary N) is 1. The molecule has 2 saturated heterocycles. The van der Waals surface area contributed by atoms with E-state index in [1.54, 1.807) is 17.0 Å². The van der Waals surface area contributed by atoms with Crippen molar-refractivity contribution in [3.63, 3.8) is 0 Å². The molecule has 1 aromatic carbocycles. The van der Waals surface area contributed by atoms with Crippen LogP contribution in [0.5, 0.6) is 11.5 Å². The second kappa shape index (κ2) is 15.2. The van der Waals surface area contributed by atoms with E-state index in [0.29, 0.717) is 31.8 Å². The number of carboxylic acid groups (broad SMARTS) is 1. The number of hydrogen-bond donors (Lipinski definition) is 2. The molecule has 39 heavy (non-hydrogen) atoms. The molecular weight excluding hydrogens is 545 g/mol. The molecule has 0 unspecified atom stereocenters. The van der Waals surface area contributed by atoms with Crippen molar-refractivity contribution >= 4 is 21.9 Å². The van der Waals surface area contributed by atoms with Crippen LogP contribution in [0.4, 0.5) is 13.2 Å². The summed E-state index contributed by atoms with van der Waals surface area (Å²) >= 11 is 0. The third-order valence-corrected chi connectivity index (χ3v) is 8.28. The number of likely N-dealkylation sites (tertiary alicyclic amines) is 1. The number of carbonyl (C=O) groups excluding carboxylic acids is 1. The fraction of sp³-hybridized carbons (Fsp3) is 0.667. The number of piperazine rings is 1. The van der Waals surface area contributed by atoms with E-state index in [1.165, 1.54) is 37.4 Å². The number of alkyl halides is 3. The van der Waals surface area contributed by atoms with Gasteiger partial charge in [0.2, 0.25) is 15.9 Å². The van der Waals surface area contributed by atoms with Gasteiger partial charge in [0.15, 0.2) is 0 Å². The lowest BCUT2D eigenvalue weighted by atomic mass is 10.3. The highest BCUT2D eigenvalue weighted by molar-refractivity contribution is 7.89. The first kappa shape index (κ1) is 32.6. The normalized spacial score (nSPS) is 16.5. The van der Waals surface area contributed by atoms with Crippen molar-refractivity contribution in [1.82, 2.24) is 19.4 Å². The van der Waals surface area contributed by atoms with Gasteiger partial charge < -0.3 is 29.7 Å². The summed E-state index contributed by atoms with van der Waals surface area (Å²) in [6, 6.07) is 4.75. The minimum Gasteiger partial charge on any atom is -0.497 e. The fourth-order valence-corrected chi connectivity index (χ4v) is 5.90. The van der Waals surface area contributed by atoms with Crippen LogP contribution in [-0.2, 0) is 19.6 Å². The summed E-state index contributed by atoms with van der Waals surface area (Å²) < 4.78 is 71.0. The minimum atomic E-state index is -5.08. The van der Waals surface area contributed by atoms with Gasteiger partial charge in [-0.25, -0.2) is 13.2 Å². The zero-order valence-corrected chi connectivity index (χ0v) is 23.0. The van der Waals surface area contributed by atoms with Crippen LogP contribution >= 0.6 is 0 Å². The Balaban J connectivity index is 0.000000673. The number of hydrogen-bond acceptors (Lipinski definition) is 8. The Kier molecular flexibility index (Phi) is 12.7. The highest BCUT2D eigenvalue weighted by Crippen LogP contribution is 2.31. The van der Waals surface area contributed by atoms with Crippen LogP contribution in [0.3, 0.4) is 0 Å². The van der Waals surface area contributed by atoms with Gasteiger partial charge in [0.1, 0.15) is 16.4 Å². The van der Waals surface area contributed by atoms with Gasteiger partial charge in [-0.2, -0.15) is 17.5 Å². The standard InChI is InChI=1S/C22H36N4O5S.C2HF3O2/c1-30-19-6-7-20(31-2)21(18-19)32(28,29)26(14-5-13-24-11-3-4-12-24)15-8-22(27)25-16-9-23-10-17-25;3-2(4,5)1(6)7/h6-7,18,23H,3-5,8-17H2,1-2H3;(H,6,7). The first-order valence-corrected chi connectivity index (χ1v) is 14.1. The first-order valence-electron chi connectivity index (χ1n) is 12.6. The average Bonchev–Trinajstić information content (AvgIpc) is 3.43. The number of carbonyl (C=O) groups is 2. The highest BCUT2D eigenvalue weighted by Gasteiger charge is 2.38. The molecule has 0 spiro atoms. The molecular formula is C24H37F3N4O7S. The summed E-state index contributed by atoms with van der Waals surface area (Å²) in [6.07, 6.45) is -1.81. The Morgan fingerprint density at radius 3 is 2.21 bits per heavy atom. The number of sulfonamides is 1. The maximum absolute atomic E-state index is 13.6. The zero-order valence-electron chi connectivity index (χ0n) is 22.2. The topological polar surface area (TPSA) is 129 Å². The van der Waals surface area contributed by atoms with Crippen molar-refractivity contribution in [3.05, 3.63) is 18.2 Å². The van der Waals surface area contributed by atoms with E-state index in [2.05, 4.69) is 10.2 Å². The van der Waals surface area contributed by atoms with Crippen LogP contribution in [0.2, 0.25) is 0 Å². The summed E-state index contributed by atoms with van der Waals surface area (Å²) in [5, 5.41) is 10.4. The van der Waals surface area contributed by atoms with Crippen molar-refractivity contribution in [1.29, 1.82) is 0 Å². The molecule has 1 amide bonds. The van der Waals surface area contributed by atoms with Gasteiger partial charge in [-0.05, 0) is 51.0 Å². The number of halogens is 3. The van der Waals surface area contributed by atoms with Gasteiger partial charge in [0.05, 0.1) is 14.2 Å². The van der Waals surface area contributed by atoms with Crippen LogP contribution in [0.1, 0.15) is 25.7 Å². The van der Waals surface area contributed by atoms with E-state index >= 15 is 0 Å². The minimum absolute atomic E-state index is 0.0103. The van der Waals surface area contributed by atoms with Crippen molar-refractivity contribution < 1.29 is 45.8 Å². The number of methoxy groups -OCH3 is 2. The lowest BCUT2D eigenvalue weighted by Crippen LogP contribution is -2.47. The molecule has 0 bridgehead atoms. The van der Waals surface area contributed by atoms with Crippen LogP contribution in [-0.4, -0.2) is 119 Å². The van der Waals surface area contributed by atoms with Crippen LogP contribution in [0.25, 0.3) is 0 Å². The molecule has 0 atom stereocenters. The molecule has 0 aliphatic carbocycles. The van der Waals surface area contributed by atoms with E-state index in [1.807, 2.05) is 0 Å². The van der Waals surface area contributed by atoms with E-state index < -0.39 is 22.2 Å². The third-order valence-electron chi connectivity index (χ3n) is 6.36. The van der Waals surface area contributed by atoms with Gasteiger partial charge >= 0.3 is 12.1 Å². The molecule has 0 radical (unpaired) electrons. The maximum atomic E-state index is 13.6. The molecule has 0 aromatic heterocycles. The second-order valence-electron chi connectivity index (χ2n) is 9.01. The van der Waals surface area contributed by atoms with Crippen molar-refractivity contribution in [2.45, 2.75) is 36.8 Å². The van der Waals surface area contributed by atoms with E-state index in [4.69, 9.17) is 19.4 Å². The van der Waals surface area contributed by atoms with Crippen LogP contribution in [0, 0.1) is 0 Å². The Morgan fingerprint density at radius 1 is 1.05 bits per heavy atom. The van der Waals surface area contributed by atoms with Crippen LogP contribution < -0.4 is 14.8 Å². The first-order chi connectivity index (χ1) is 18.4. The fourth-order valence-electron chi connectivity index (χ4n) is 4.25. The highest BCUT2D eigenvalue weighted by atomic mass is 32.2. The molecule has 2 heterocycles. The molecule has 11 nitrogen and oxygen atoms in total. The summed E-state index contributed by atoms with van der Waals surface area (Å²) in [4.78, 5) is 25.8. The number of ether oxygens (including phenoxy) is 2. The van der Waals surface area contributed by atoms with Gasteiger partial charge in [0, 0.05) is 51.8 Å². The summed E-state index contributed by atoms with van der Waals surface area (Å²) in [7, 11) is -0.923. The summed E-state index contributed by atoms with van der Waals surface area (Å²) in [5.41, 5.74) is 0. The van der Waals surface area contributed by atoms with Gasteiger partial charge in [-0.15, -0.1) is 0 Å². The molecule has 3 rings (SSSR count). The molecule has 0 saturated carbocycles. The van der Waals surface area contributed by atoms with Crippen LogP contribution in [0.15, 0.2) is 23.1 Å². The zero-order chi connectivity index (χ0) is 29.1. The Labute approximate surface area is 226 Å². The van der Waals surface area contributed by atoms with E-state index in [9.17, 15) is 26.4 Å². The molecule has 2 aliphatic heterocycles. The third kappa shape index (κ3) is 10.1.